The highest BCUT2D eigenvalue weighted by Gasteiger charge is 2.28. The highest BCUT2D eigenvalue weighted by molar-refractivity contribution is 7.10. The Balaban J connectivity index is 1.55. The first-order valence-electron chi connectivity index (χ1n) is 9.59. The number of nitrogens with one attached hydrogen (secondary N) is 1. The summed E-state index contributed by atoms with van der Waals surface area (Å²) in [6, 6.07) is 19.3. The fraction of sp³-hybridized carbons (Fsp3) is 0.217. The molecule has 29 heavy (non-hydrogen) atoms. The summed E-state index contributed by atoms with van der Waals surface area (Å²) in [6.45, 7) is 2.01. The number of ether oxygens (including phenoxy) is 1. The van der Waals surface area contributed by atoms with E-state index in [0.717, 1.165) is 16.9 Å². The van der Waals surface area contributed by atoms with E-state index < -0.39 is 0 Å². The van der Waals surface area contributed by atoms with Crippen LogP contribution >= 0.6 is 11.3 Å². The van der Waals surface area contributed by atoms with Crippen LogP contribution in [-0.2, 0) is 16.0 Å². The van der Waals surface area contributed by atoms with E-state index in [0.29, 0.717) is 11.4 Å². The Morgan fingerprint density at radius 1 is 1.14 bits per heavy atom. The molecule has 1 atom stereocenters. The quantitative estimate of drug-likeness (QED) is 0.675. The number of para-hydroxylation sites is 2. The van der Waals surface area contributed by atoms with Gasteiger partial charge in [0.2, 0.25) is 5.91 Å². The van der Waals surface area contributed by atoms with Gasteiger partial charge < -0.3 is 10.1 Å². The molecule has 0 saturated carbocycles. The summed E-state index contributed by atoms with van der Waals surface area (Å²) in [5.41, 5.74) is 2.89. The maximum Gasteiger partial charge on any atom is 0.265 e. The molecular weight excluding hydrogens is 384 g/mol. The number of anilines is 1. The molecule has 0 saturated heterocycles. The van der Waals surface area contributed by atoms with Gasteiger partial charge >= 0.3 is 0 Å². The van der Waals surface area contributed by atoms with E-state index in [1.165, 1.54) is 10.5 Å². The Labute approximate surface area is 173 Å². The van der Waals surface area contributed by atoms with Gasteiger partial charge in [-0.2, -0.15) is 0 Å². The average molecular weight is 407 g/mol. The van der Waals surface area contributed by atoms with Gasteiger partial charge in [0.25, 0.3) is 5.91 Å². The maximum atomic E-state index is 12.9. The van der Waals surface area contributed by atoms with Gasteiger partial charge in [0.1, 0.15) is 12.3 Å². The number of aryl methyl sites for hydroxylation is 1. The van der Waals surface area contributed by atoms with Gasteiger partial charge in [-0.05, 0) is 41.1 Å². The summed E-state index contributed by atoms with van der Waals surface area (Å²) in [5.74, 6) is 0.178. The molecule has 2 aromatic carbocycles. The van der Waals surface area contributed by atoms with Crippen molar-refractivity contribution < 1.29 is 14.3 Å². The Hall–Kier alpha value is -3.12. The zero-order valence-electron chi connectivity index (χ0n) is 16.1. The first-order valence-corrected chi connectivity index (χ1v) is 10.5. The van der Waals surface area contributed by atoms with Crippen LogP contribution in [0.25, 0.3) is 0 Å². The lowest BCUT2D eigenvalue weighted by Gasteiger charge is -2.29. The zero-order chi connectivity index (χ0) is 20.2. The van der Waals surface area contributed by atoms with E-state index in [9.17, 15) is 9.59 Å². The van der Waals surface area contributed by atoms with Gasteiger partial charge in [0.05, 0.1) is 11.7 Å². The van der Waals surface area contributed by atoms with Crippen LogP contribution in [0.1, 0.15) is 29.0 Å². The van der Waals surface area contributed by atoms with Gasteiger partial charge in [0, 0.05) is 4.88 Å². The molecule has 0 aliphatic carbocycles. The van der Waals surface area contributed by atoms with Gasteiger partial charge in [-0.1, -0.05) is 49.4 Å². The third-order valence-electron chi connectivity index (χ3n) is 4.96. The second-order valence-corrected chi connectivity index (χ2v) is 7.83. The number of fused-ring (bicyclic) bond motifs is 1. The van der Waals surface area contributed by atoms with E-state index >= 15 is 0 Å². The first kappa shape index (κ1) is 19.2. The summed E-state index contributed by atoms with van der Waals surface area (Å²) in [5, 5.41) is 5.11. The summed E-state index contributed by atoms with van der Waals surface area (Å²) >= 11 is 1.60. The number of hydrogen-bond donors (Lipinski definition) is 1. The lowest BCUT2D eigenvalue weighted by Crippen LogP contribution is -2.45. The second-order valence-electron chi connectivity index (χ2n) is 6.85. The van der Waals surface area contributed by atoms with Crippen molar-refractivity contribution in [2.75, 3.05) is 18.1 Å². The van der Waals surface area contributed by atoms with E-state index in [2.05, 4.69) is 36.5 Å². The van der Waals surface area contributed by atoms with Crippen LogP contribution in [0.5, 0.6) is 5.75 Å². The number of rotatable bonds is 6. The molecule has 1 aliphatic rings. The van der Waals surface area contributed by atoms with Crippen LogP contribution < -0.4 is 15.0 Å². The van der Waals surface area contributed by atoms with Crippen molar-refractivity contribution >= 4 is 28.8 Å². The Bertz CT molecular complexity index is 999. The van der Waals surface area contributed by atoms with E-state index in [4.69, 9.17) is 4.74 Å². The third kappa shape index (κ3) is 4.17. The minimum absolute atomic E-state index is 0.0475. The first-order chi connectivity index (χ1) is 14.2. The van der Waals surface area contributed by atoms with Crippen LogP contribution in [0.2, 0.25) is 0 Å². The van der Waals surface area contributed by atoms with Gasteiger partial charge in [-0.3, -0.25) is 14.5 Å². The van der Waals surface area contributed by atoms with E-state index in [1.807, 2.05) is 29.6 Å². The van der Waals surface area contributed by atoms with Crippen LogP contribution in [0.15, 0.2) is 66.0 Å². The van der Waals surface area contributed by atoms with Crippen molar-refractivity contribution in [3.05, 3.63) is 82.0 Å². The third-order valence-corrected chi connectivity index (χ3v) is 5.90. The number of hydrogen-bond acceptors (Lipinski definition) is 4. The molecule has 2 heterocycles. The lowest BCUT2D eigenvalue weighted by molar-refractivity contribution is -0.125. The lowest BCUT2D eigenvalue weighted by atomic mass is 10.0. The monoisotopic (exact) mass is 406 g/mol. The summed E-state index contributed by atoms with van der Waals surface area (Å²) in [4.78, 5) is 27.8. The number of nitrogens with zero attached hydrogens (tertiary/aromatic N) is 1. The molecule has 0 unspecified atom stereocenters. The number of thiophene rings is 1. The predicted octanol–water partition coefficient (Wildman–Crippen LogP) is 3.94. The molecule has 3 aromatic rings. The Morgan fingerprint density at radius 3 is 2.66 bits per heavy atom. The number of carbonyl (C=O) groups excluding carboxylic acids is 2. The minimum Gasteiger partial charge on any atom is -0.482 e. The van der Waals surface area contributed by atoms with Crippen LogP contribution in [0, 0.1) is 0 Å². The maximum absolute atomic E-state index is 12.9. The summed E-state index contributed by atoms with van der Waals surface area (Å²) in [6.07, 6.45) is 0.967. The van der Waals surface area contributed by atoms with Crippen molar-refractivity contribution in [3.8, 4) is 5.75 Å². The summed E-state index contributed by atoms with van der Waals surface area (Å²) in [7, 11) is 0. The molecule has 0 radical (unpaired) electrons. The van der Waals surface area contributed by atoms with Crippen molar-refractivity contribution in [2.24, 2.45) is 0 Å². The Morgan fingerprint density at radius 2 is 1.93 bits per heavy atom. The van der Waals surface area contributed by atoms with E-state index in [1.54, 1.807) is 23.5 Å². The second kappa shape index (κ2) is 8.49. The number of benzene rings is 2. The fourth-order valence-corrected chi connectivity index (χ4v) is 4.20. The van der Waals surface area contributed by atoms with Gasteiger partial charge in [-0.15, -0.1) is 11.3 Å². The fourth-order valence-electron chi connectivity index (χ4n) is 3.40. The highest BCUT2D eigenvalue weighted by atomic mass is 32.1. The van der Waals surface area contributed by atoms with Crippen molar-refractivity contribution in [3.63, 3.8) is 0 Å². The number of amides is 2. The predicted molar refractivity (Wildman–Crippen MR) is 114 cm³/mol. The smallest absolute Gasteiger partial charge is 0.265 e. The highest BCUT2D eigenvalue weighted by Crippen LogP contribution is 2.31. The molecule has 1 aliphatic heterocycles. The molecule has 4 rings (SSSR count). The largest absolute Gasteiger partial charge is 0.482 e. The molecule has 1 aromatic heterocycles. The molecule has 148 valence electrons. The SMILES string of the molecule is CCc1ccc([C@@H](NC(=O)CN2C(=O)COc3ccccc32)c2cccs2)cc1. The topological polar surface area (TPSA) is 58.6 Å². The van der Waals surface area contributed by atoms with Crippen LogP contribution in [0.3, 0.4) is 0 Å². The van der Waals surface area contributed by atoms with E-state index in [-0.39, 0.29) is 31.0 Å². The van der Waals surface area contributed by atoms with Crippen LogP contribution in [-0.4, -0.2) is 25.0 Å². The standard InChI is InChI=1S/C23H22N2O3S/c1-2-16-9-11-17(12-10-16)23(20-8-5-13-29-20)24-21(26)14-25-18-6-3-4-7-19(18)28-15-22(25)27/h3-13,23H,2,14-15H2,1H3,(H,24,26)/t23-/m1/s1. The number of carbonyl (C=O) groups is 2. The Kier molecular flexibility index (Phi) is 5.62. The minimum atomic E-state index is -0.250. The average Bonchev–Trinajstić information content (AvgIpc) is 3.29. The normalized spacial score (nSPS) is 14.1. The van der Waals surface area contributed by atoms with Gasteiger partial charge in [-0.25, -0.2) is 0 Å². The van der Waals surface area contributed by atoms with Crippen molar-refractivity contribution in [1.82, 2.24) is 5.32 Å². The zero-order valence-corrected chi connectivity index (χ0v) is 16.9. The molecule has 6 heteroatoms. The molecule has 1 N–H and O–H groups in total. The van der Waals surface area contributed by atoms with Gasteiger partial charge in [0.15, 0.2) is 6.61 Å². The molecule has 0 bridgehead atoms. The summed E-state index contributed by atoms with van der Waals surface area (Å²) < 4.78 is 5.46. The molecule has 0 spiro atoms. The van der Waals surface area contributed by atoms with Crippen molar-refractivity contribution in [1.29, 1.82) is 0 Å². The molecular formula is C23H22N2O3S. The molecule has 5 nitrogen and oxygen atoms in total. The van der Waals surface area contributed by atoms with Crippen molar-refractivity contribution in [2.45, 2.75) is 19.4 Å². The molecule has 0 fully saturated rings. The van der Waals surface area contributed by atoms with Crippen LogP contribution in [0.4, 0.5) is 5.69 Å². The molecule has 2 amide bonds.